The lowest BCUT2D eigenvalue weighted by molar-refractivity contribution is -0.0234. The predicted octanol–water partition coefficient (Wildman–Crippen LogP) is 6.57. The standard InChI is InChI=1S/C29H42N2O3/c1-22-14-16-25(29(3,4)34-19-13-11-9-7-6-8-10-12-18-30)20-26(22)23(2)27-17-15-24(21-31-27)28(32)33-5/h14-17,20-21H,2,6-13,18-19,30H2,1,3-5H3. The topological polar surface area (TPSA) is 74.4 Å². The van der Waals surface area contributed by atoms with Crippen LogP contribution in [0.2, 0.25) is 0 Å². The first-order chi connectivity index (χ1) is 16.3. The molecule has 1 aromatic carbocycles. The van der Waals surface area contributed by atoms with Crippen molar-refractivity contribution in [2.45, 2.75) is 77.7 Å². The van der Waals surface area contributed by atoms with Crippen LogP contribution in [-0.2, 0) is 15.1 Å². The molecule has 2 aromatic rings. The van der Waals surface area contributed by atoms with Crippen LogP contribution in [0.5, 0.6) is 0 Å². The van der Waals surface area contributed by atoms with Gasteiger partial charge in [-0.1, -0.05) is 57.2 Å². The number of nitrogens with zero attached hydrogens (tertiary/aromatic N) is 1. The molecule has 0 bridgehead atoms. The van der Waals surface area contributed by atoms with Crippen LogP contribution in [0.15, 0.2) is 43.1 Å². The second-order valence-corrected chi connectivity index (χ2v) is 9.41. The van der Waals surface area contributed by atoms with Crippen molar-refractivity contribution in [2.24, 2.45) is 5.73 Å². The van der Waals surface area contributed by atoms with Crippen LogP contribution in [-0.4, -0.2) is 31.2 Å². The first-order valence-corrected chi connectivity index (χ1v) is 12.5. The first kappa shape index (κ1) is 27.7. The summed E-state index contributed by atoms with van der Waals surface area (Å²) in [5.74, 6) is -0.399. The molecule has 2 N–H and O–H groups in total. The maximum atomic E-state index is 11.7. The largest absolute Gasteiger partial charge is 0.465 e. The molecule has 0 radical (unpaired) electrons. The highest BCUT2D eigenvalue weighted by Gasteiger charge is 2.22. The van der Waals surface area contributed by atoms with E-state index in [0.29, 0.717) is 5.56 Å². The van der Waals surface area contributed by atoms with E-state index < -0.39 is 11.6 Å². The zero-order valence-electron chi connectivity index (χ0n) is 21.5. The van der Waals surface area contributed by atoms with E-state index in [1.54, 1.807) is 12.1 Å². The van der Waals surface area contributed by atoms with Crippen LogP contribution in [0.4, 0.5) is 0 Å². The molecule has 1 aromatic heterocycles. The summed E-state index contributed by atoms with van der Waals surface area (Å²) in [6.45, 7) is 12.1. The summed E-state index contributed by atoms with van der Waals surface area (Å²) in [5, 5.41) is 0. The number of rotatable bonds is 15. The molecule has 0 fully saturated rings. The predicted molar refractivity (Wildman–Crippen MR) is 140 cm³/mol. The molecule has 0 amide bonds. The van der Waals surface area contributed by atoms with Gasteiger partial charge in [-0.2, -0.15) is 0 Å². The highest BCUT2D eigenvalue weighted by molar-refractivity contribution is 5.89. The average molecular weight is 467 g/mol. The van der Waals surface area contributed by atoms with Crippen LogP contribution >= 0.6 is 0 Å². The number of hydrogen-bond donors (Lipinski definition) is 1. The maximum Gasteiger partial charge on any atom is 0.339 e. The number of ether oxygens (including phenoxy) is 2. The summed E-state index contributed by atoms with van der Waals surface area (Å²) in [7, 11) is 1.36. The van der Waals surface area contributed by atoms with Crippen molar-refractivity contribution in [1.29, 1.82) is 0 Å². The minimum Gasteiger partial charge on any atom is -0.465 e. The number of hydrogen-bond acceptors (Lipinski definition) is 5. The van der Waals surface area contributed by atoms with Gasteiger partial charge in [-0.3, -0.25) is 4.98 Å². The number of aromatic nitrogens is 1. The Kier molecular flexibility index (Phi) is 11.4. The number of esters is 1. The van der Waals surface area contributed by atoms with Gasteiger partial charge in [0.1, 0.15) is 0 Å². The van der Waals surface area contributed by atoms with Gasteiger partial charge in [0.15, 0.2) is 0 Å². The highest BCUT2D eigenvalue weighted by atomic mass is 16.5. The van der Waals surface area contributed by atoms with Gasteiger partial charge in [-0.25, -0.2) is 4.79 Å². The zero-order valence-corrected chi connectivity index (χ0v) is 21.5. The molecular weight excluding hydrogens is 424 g/mol. The van der Waals surface area contributed by atoms with Crippen LogP contribution in [0.3, 0.4) is 0 Å². The molecule has 0 aliphatic rings. The molecule has 34 heavy (non-hydrogen) atoms. The molecule has 5 heteroatoms. The van der Waals surface area contributed by atoms with E-state index in [1.807, 2.05) is 0 Å². The lowest BCUT2D eigenvalue weighted by Crippen LogP contribution is -2.22. The Hall–Kier alpha value is -2.50. The number of benzene rings is 1. The molecule has 0 spiro atoms. The van der Waals surface area contributed by atoms with Gasteiger partial charge in [0, 0.05) is 18.4 Å². The fraction of sp³-hybridized carbons (Fsp3) is 0.517. The van der Waals surface area contributed by atoms with Gasteiger partial charge >= 0.3 is 5.97 Å². The van der Waals surface area contributed by atoms with Crippen molar-refractivity contribution >= 4 is 11.5 Å². The summed E-state index contributed by atoms with van der Waals surface area (Å²) in [6, 6.07) is 9.90. The smallest absolute Gasteiger partial charge is 0.339 e. The van der Waals surface area contributed by atoms with Gasteiger partial charge in [0.2, 0.25) is 0 Å². The Balaban J connectivity index is 1.92. The number of nitrogens with two attached hydrogens (primary N) is 1. The number of pyridine rings is 1. The van der Waals surface area contributed by atoms with Gasteiger partial charge in [-0.15, -0.1) is 0 Å². The molecule has 0 aliphatic heterocycles. The van der Waals surface area contributed by atoms with Crippen molar-refractivity contribution in [3.63, 3.8) is 0 Å². The number of unbranched alkanes of at least 4 members (excludes halogenated alkanes) is 7. The fourth-order valence-corrected chi connectivity index (χ4v) is 3.99. The quantitative estimate of drug-likeness (QED) is 0.237. The monoisotopic (exact) mass is 466 g/mol. The van der Waals surface area contributed by atoms with Crippen molar-refractivity contribution in [3.8, 4) is 0 Å². The first-order valence-electron chi connectivity index (χ1n) is 12.5. The molecule has 0 saturated carbocycles. The Morgan fingerprint density at radius 1 is 1.00 bits per heavy atom. The molecule has 2 rings (SSSR count). The molecule has 0 aliphatic carbocycles. The third-order valence-electron chi connectivity index (χ3n) is 6.31. The van der Waals surface area contributed by atoms with Crippen molar-refractivity contribution in [2.75, 3.05) is 20.3 Å². The lowest BCUT2D eigenvalue weighted by atomic mass is 9.90. The summed E-state index contributed by atoms with van der Waals surface area (Å²) in [5.41, 5.74) is 10.4. The highest BCUT2D eigenvalue weighted by Crippen LogP contribution is 2.31. The number of methoxy groups -OCH3 is 1. The fourth-order valence-electron chi connectivity index (χ4n) is 3.99. The summed E-state index contributed by atoms with van der Waals surface area (Å²) in [6.07, 6.45) is 11.4. The van der Waals surface area contributed by atoms with E-state index in [0.717, 1.165) is 54.0 Å². The van der Waals surface area contributed by atoms with E-state index in [4.69, 9.17) is 15.2 Å². The molecular formula is C29H42N2O3. The van der Waals surface area contributed by atoms with Crippen LogP contribution in [0, 0.1) is 6.92 Å². The summed E-state index contributed by atoms with van der Waals surface area (Å²) < 4.78 is 11.1. The molecule has 1 heterocycles. The van der Waals surface area contributed by atoms with E-state index in [-0.39, 0.29) is 0 Å². The normalized spacial score (nSPS) is 11.4. The van der Waals surface area contributed by atoms with Crippen LogP contribution in [0.25, 0.3) is 5.57 Å². The maximum absolute atomic E-state index is 11.7. The number of carbonyl (C=O) groups is 1. The van der Waals surface area contributed by atoms with E-state index in [9.17, 15) is 4.79 Å². The van der Waals surface area contributed by atoms with Gasteiger partial charge in [-0.05, 0) is 75.0 Å². The van der Waals surface area contributed by atoms with Gasteiger partial charge < -0.3 is 15.2 Å². The van der Waals surface area contributed by atoms with E-state index in [1.165, 1.54) is 51.8 Å². The van der Waals surface area contributed by atoms with E-state index >= 15 is 0 Å². The molecule has 186 valence electrons. The van der Waals surface area contributed by atoms with Crippen molar-refractivity contribution in [1.82, 2.24) is 4.98 Å². The zero-order chi connectivity index (χ0) is 25.0. The summed E-state index contributed by atoms with van der Waals surface area (Å²) in [4.78, 5) is 16.1. The third kappa shape index (κ3) is 8.37. The van der Waals surface area contributed by atoms with Crippen molar-refractivity contribution in [3.05, 3.63) is 71.1 Å². The number of aryl methyl sites for hydroxylation is 1. The van der Waals surface area contributed by atoms with Crippen LogP contribution in [0.1, 0.15) is 98.0 Å². The second kappa shape index (κ2) is 14.0. The Morgan fingerprint density at radius 2 is 1.65 bits per heavy atom. The molecule has 0 atom stereocenters. The molecule has 5 nitrogen and oxygen atoms in total. The minimum absolute atomic E-state index is 0.396. The minimum atomic E-state index is -0.399. The SMILES string of the molecule is C=C(c1ccc(C(=O)OC)cn1)c1cc(C(C)(C)OCCCCCCCCCCN)ccc1C. The number of carbonyl (C=O) groups excluding carboxylic acids is 1. The average Bonchev–Trinajstić information content (AvgIpc) is 2.84. The Bertz CT molecular complexity index is 919. The van der Waals surface area contributed by atoms with Gasteiger partial charge in [0.25, 0.3) is 0 Å². The molecule has 0 saturated heterocycles. The van der Waals surface area contributed by atoms with Crippen LogP contribution < -0.4 is 5.73 Å². The Morgan fingerprint density at radius 3 is 2.24 bits per heavy atom. The summed E-state index contributed by atoms with van der Waals surface area (Å²) >= 11 is 0. The van der Waals surface area contributed by atoms with Crippen molar-refractivity contribution < 1.29 is 14.3 Å². The Labute approximate surface area is 205 Å². The second-order valence-electron chi connectivity index (χ2n) is 9.41. The van der Waals surface area contributed by atoms with E-state index in [2.05, 4.69) is 50.5 Å². The molecule has 0 unspecified atom stereocenters. The van der Waals surface area contributed by atoms with Gasteiger partial charge in [0.05, 0.1) is 24.0 Å². The third-order valence-corrected chi connectivity index (χ3v) is 6.31. The lowest BCUT2D eigenvalue weighted by Gasteiger charge is -2.27.